The summed E-state index contributed by atoms with van der Waals surface area (Å²) in [6, 6.07) is 7.20. The van der Waals surface area contributed by atoms with Gasteiger partial charge in [-0.3, -0.25) is 14.2 Å². The molecule has 1 amide bonds. The van der Waals surface area contributed by atoms with E-state index in [0.717, 1.165) is 5.69 Å². The fraction of sp³-hybridized carbons (Fsp3) is 0.294. The summed E-state index contributed by atoms with van der Waals surface area (Å²) in [5.74, 6) is 0.431. The lowest BCUT2D eigenvalue weighted by Gasteiger charge is -2.06. The Bertz CT molecular complexity index is 958. The zero-order chi connectivity index (χ0) is 16.5. The molecule has 0 aliphatic heterocycles. The van der Waals surface area contributed by atoms with Crippen molar-refractivity contribution in [3.63, 3.8) is 0 Å². The van der Waals surface area contributed by atoms with Crippen molar-refractivity contribution < 1.29 is 4.79 Å². The van der Waals surface area contributed by atoms with Gasteiger partial charge in [-0.15, -0.1) is 11.3 Å². The molecule has 24 heavy (non-hydrogen) atoms. The molecule has 1 aliphatic carbocycles. The van der Waals surface area contributed by atoms with Gasteiger partial charge in [-0.2, -0.15) is 0 Å². The molecule has 0 unspecified atom stereocenters. The van der Waals surface area contributed by atoms with Crippen LogP contribution in [0.4, 0.5) is 5.13 Å². The van der Waals surface area contributed by atoms with Crippen LogP contribution in [0.2, 0.25) is 0 Å². The molecule has 0 atom stereocenters. The van der Waals surface area contributed by atoms with E-state index in [1.165, 1.54) is 35.1 Å². The number of hydrogen-bond donors (Lipinski definition) is 1. The molecule has 1 N–H and O–H groups in total. The maximum Gasteiger partial charge on any atom is 0.261 e. The second kappa shape index (κ2) is 6.16. The van der Waals surface area contributed by atoms with Gasteiger partial charge >= 0.3 is 0 Å². The van der Waals surface area contributed by atoms with Crippen LogP contribution in [0, 0.1) is 0 Å². The average molecular weight is 340 g/mol. The fourth-order valence-electron chi connectivity index (χ4n) is 2.58. The summed E-state index contributed by atoms with van der Waals surface area (Å²) in [5, 5.41) is 6.00. The number of fused-ring (bicyclic) bond motifs is 1. The minimum Gasteiger partial charge on any atom is -0.302 e. The third-order valence-corrected chi connectivity index (χ3v) is 4.85. The van der Waals surface area contributed by atoms with Gasteiger partial charge in [-0.1, -0.05) is 12.1 Å². The molecule has 0 radical (unpaired) electrons. The molecule has 2 heterocycles. The van der Waals surface area contributed by atoms with Crippen molar-refractivity contribution in [3.8, 4) is 0 Å². The predicted molar refractivity (Wildman–Crippen MR) is 93.3 cm³/mol. The van der Waals surface area contributed by atoms with Gasteiger partial charge in [-0.25, -0.2) is 9.97 Å². The summed E-state index contributed by atoms with van der Waals surface area (Å²) in [6.07, 6.45) is 4.08. The SMILES string of the molecule is O=C(CCn1cnc2ccccc2c1=O)Nc1nc(C2CC2)cs1. The molecule has 4 rings (SSSR count). The maximum atomic E-state index is 12.4. The van der Waals surface area contributed by atoms with Crippen molar-refractivity contribution in [2.75, 3.05) is 5.32 Å². The van der Waals surface area contributed by atoms with Crippen molar-refractivity contribution in [3.05, 3.63) is 52.0 Å². The standard InChI is InChI=1S/C17H16N4O2S/c22-15(20-17-19-14(9-24-17)11-5-6-11)7-8-21-10-18-13-4-2-1-3-12(13)16(21)23/h1-4,9-11H,5-8H2,(H,19,20,22). The number of aryl methyl sites for hydroxylation is 1. The zero-order valence-corrected chi connectivity index (χ0v) is 13.8. The van der Waals surface area contributed by atoms with Crippen molar-refractivity contribution in [2.24, 2.45) is 0 Å². The van der Waals surface area contributed by atoms with E-state index in [1.54, 1.807) is 12.1 Å². The second-order valence-electron chi connectivity index (χ2n) is 5.91. The lowest BCUT2D eigenvalue weighted by atomic mass is 10.2. The number of amides is 1. The number of anilines is 1. The Balaban J connectivity index is 1.41. The highest BCUT2D eigenvalue weighted by molar-refractivity contribution is 7.13. The van der Waals surface area contributed by atoms with Crippen molar-refractivity contribution in [1.82, 2.24) is 14.5 Å². The minimum absolute atomic E-state index is 0.126. The monoisotopic (exact) mass is 340 g/mol. The first-order valence-electron chi connectivity index (χ1n) is 7.90. The van der Waals surface area contributed by atoms with Crippen LogP contribution in [0.15, 0.2) is 40.8 Å². The summed E-state index contributed by atoms with van der Waals surface area (Å²) in [7, 11) is 0. The molecule has 1 aromatic carbocycles. The summed E-state index contributed by atoms with van der Waals surface area (Å²) >= 11 is 1.45. The number of carbonyl (C=O) groups is 1. The van der Waals surface area contributed by atoms with Crippen LogP contribution in [-0.2, 0) is 11.3 Å². The second-order valence-corrected chi connectivity index (χ2v) is 6.77. The summed E-state index contributed by atoms with van der Waals surface area (Å²) < 4.78 is 1.47. The lowest BCUT2D eigenvalue weighted by Crippen LogP contribution is -2.23. The Morgan fingerprint density at radius 1 is 1.33 bits per heavy atom. The Kier molecular flexibility index (Phi) is 3.86. The number of aromatic nitrogens is 3. The molecular formula is C17H16N4O2S. The number of nitrogens with zero attached hydrogens (tertiary/aromatic N) is 3. The molecule has 3 aromatic rings. The number of rotatable bonds is 5. The average Bonchev–Trinajstić information content (AvgIpc) is 3.34. The van der Waals surface area contributed by atoms with Gasteiger partial charge < -0.3 is 5.32 Å². The van der Waals surface area contributed by atoms with Gasteiger partial charge in [0.05, 0.1) is 22.9 Å². The maximum absolute atomic E-state index is 12.4. The predicted octanol–water partition coefficient (Wildman–Crippen LogP) is 2.76. The molecule has 1 fully saturated rings. The van der Waals surface area contributed by atoms with E-state index in [4.69, 9.17) is 0 Å². The topological polar surface area (TPSA) is 76.9 Å². The third kappa shape index (κ3) is 3.07. The van der Waals surface area contributed by atoms with Gasteiger partial charge in [0.2, 0.25) is 5.91 Å². The quantitative estimate of drug-likeness (QED) is 0.775. The number of benzene rings is 1. The molecule has 122 valence electrons. The first-order chi connectivity index (χ1) is 11.7. The Morgan fingerprint density at radius 3 is 3.00 bits per heavy atom. The highest BCUT2D eigenvalue weighted by Crippen LogP contribution is 2.40. The van der Waals surface area contributed by atoms with E-state index in [2.05, 4.69) is 15.3 Å². The lowest BCUT2D eigenvalue weighted by molar-refractivity contribution is -0.116. The van der Waals surface area contributed by atoms with Crippen LogP contribution >= 0.6 is 11.3 Å². The van der Waals surface area contributed by atoms with Gasteiger partial charge in [0.25, 0.3) is 5.56 Å². The summed E-state index contributed by atoms with van der Waals surface area (Å²) in [5.41, 5.74) is 1.61. The molecule has 2 aromatic heterocycles. The third-order valence-electron chi connectivity index (χ3n) is 4.08. The Morgan fingerprint density at radius 2 is 2.17 bits per heavy atom. The van der Waals surface area contributed by atoms with E-state index in [1.807, 2.05) is 17.5 Å². The van der Waals surface area contributed by atoms with Crippen molar-refractivity contribution >= 4 is 33.3 Å². The smallest absolute Gasteiger partial charge is 0.261 e. The van der Waals surface area contributed by atoms with Crippen molar-refractivity contribution in [1.29, 1.82) is 0 Å². The van der Waals surface area contributed by atoms with E-state index in [0.29, 0.717) is 28.5 Å². The van der Waals surface area contributed by atoms with Gasteiger partial charge in [0, 0.05) is 24.3 Å². The van der Waals surface area contributed by atoms with Crippen LogP contribution < -0.4 is 10.9 Å². The molecule has 1 saturated carbocycles. The Hall–Kier alpha value is -2.54. The summed E-state index contributed by atoms with van der Waals surface area (Å²) in [4.78, 5) is 33.1. The Labute approximate surface area is 142 Å². The van der Waals surface area contributed by atoms with Gasteiger partial charge in [0.1, 0.15) is 0 Å². The van der Waals surface area contributed by atoms with Crippen LogP contribution in [0.3, 0.4) is 0 Å². The number of para-hydroxylation sites is 1. The number of nitrogens with one attached hydrogen (secondary N) is 1. The zero-order valence-electron chi connectivity index (χ0n) is 12.9. The molecule has 0 spiro atoms. The molecule has 1 aliphatic rings. The highest BCUT2D eigenvalue weighted by atomic mass is 32.1. The number of thiazole rings is 1. The molecule has 6 nitrogen and oxygen atoms in total. The number of carbonyl (C=O) groups excluding carboxylic acids is 1. The molecule has 0 bridgehead atoms. The molecule has 7 heteroatoms. The molecule has 0 saturated heterocycles. The number of hydrogen-bond acceptors (Lipinski definition) is 5. The normalized spacial score (nSPS) is 14.0. The minimum atomic E-state index is -0.147. The van der Waals surface area contributed by atoms with E-state index in [-0.39, 0.29) is 17.9 Å². The van der Waals surface area contributed by atoms with E-state index >= 15 is 0 Å². The van der Waals surface area contributed by atoms with Crippen LogP contribution in [0.1, 0.15) is 30.9 Å². The van der Waals surface area contributed by atoms with Crippen molar-refractivity contribution in [2.45, 2.75) is 31.7 Å². The van der Waals surface area contributed by atoms with Crippen LogP contribution in [0.25, 0.3) is 10.9 Å². The van der Waals surface area contributed by atoms with Crippen LogP contribution in [-0.4, -0.2) is 20.4 Å². The first kappa shape index (κ1) is 15.0. The fourth-order valence-corrected chi connectivity index (χ4v) is 3.39. The molecular weight excluding hydrogens is 324 g/mol. The van der Waals surface area contributed by atoms with Gasteiger partial charge in [0.15, 0.2) is 5.13 Å². The van der Waals surface area contributed by atoms with E-state index in [9.17, 15) is 9.59 Å². The van der Waals surface area contributed by atoms with E-state index < -0.39 is 0 Å². The first-order valence-corrected chi connectivity index (χ1v) is 8.78. The van der Waals surface area contributed by atoms with Crippen LogP contribution in [0.5, 0.6) is 0 Å². The largest absolute Gasteiger partial charge is 0.302 e. The highest BCUT2D eigenvalue weighted by Gasteiger charge is 2.26. The van der Waals surface area contributed by atoms with Gasteiger partial charge in [-0.05, 0) is 25.0 Å². The summed E-state index contributed by atoms with van der Waals surface area (Å²) in [6.45, 7) is 0.295.